The molecule has 1 fully saturated rings. The molecule has 0 atom stereocenters. The Morgan fingerprint density at radius 3 is 2.57 bits per heavy atom. The number of aromatic nitrogens is 2. The van der Waals surface area contributed by atoms with Gasteiger partial charge in [0.15, 0.2) is 11.5 Å². The van der Waals surface area contributed by atoms with Crippen LogP contribution in [0.2, 0.25) is 10.0 Å². The van der Waals surface area contributed by atoms with Gasteiger partial charge in [0.25, 0.3) is 0 Å². The summed E-state index contributed by atoms with van der Waals surface area (Å²) in [5, 5.41) is 11.9. The van der Waals surface area contributed by atoms with E-state index in [4.69, 9.17) is 37.4 Å². The number of ether oxygens (including phenoxy) is 3. The van der Waals surface area contributed by atoms with Crippen LogP contribution in [-0.2, 0) is 19.5 Å². The summed E-state index contributed by atoms with van der Waals surface area (Å²) in [6.07, 6.45) is 6.91. The van der Waals surface area contributed by atoms with E-state index in [-0.39, 0.29) is 6.61 Å². The number of rotatable bonds is 12. The van der Waals surface area contributed by atoms with E-state index >= 15 is 0 Å². The quantitative estimate of drug-likeness (QED) is 0.296. The lowest BCUT2D eigenvalue weighted by Crippen LogP contribution is -2.47. The van der Waals surface area contributed by atoms with E-state index in [1.54, 1.807) is 25.3 Å². The number of methoxy groups -OCH3 is 1. The third kappa shape index (κ3) is 7.54. The molecule has 3 aromatic rings. The minimum atomic E-state index is -0.871. The molecule has 200 valence electrons. The third-order valence-corrected chi connectivity index (χ3v) is 7.48. The number of hydrogen-bond donors (Lipinski definition) is 1. The van der Waals surface area contributed by atoms with E-state index < -0.39 is 5.60 Å². The molecule has 0 radical (unpaired) electrons. The highest BCUT2D eigenvalue weighted by atomic mass is 35.5. The zero-order chi connectivity index (χ0) is 26.3. The maximum absolute atomic E-state index is 11.0. The standard InChI is InChI=1S/C28H35Cl2N3O4/c1-3-27-31-11-15-33(27)12-4-16-36-26-17-21(5-8-25(26)35-2)19-32-13-9-28(34,10-14-32)20-37-22-6-7-23(29)24(30)18-22/h5-8,11,15,17-18,34H,3-4,9-10,12-14,16,19-20H2,1-2H3. The minimum absolute atomic E-state index is 0.220. The van der Waals surface area contributed by atoms with Crippen LogP contribution in [0.25, 0.3) is 0 Å². The van der Waals surface area contributed by atoms with Gasteiger partial charge in [-0.25, -0.2) is 4.98 Å². The Hall–Kier alpha value is -2.45. The van der Waals surface area contributed by atoms with Gasteiger partial charge < -0.3 is 23.9 Å². The second-order valence-corrected chi connectivity index (χ2v) is 10.3. The average molecular weight is 549 g/mol. The van der Waals surface area contributed by atoms with Crippen LogP contribution in [0.15, 0.2) is 48.8 Å². The summed E-state index contributed by atoms with van der Waals surface area (Å²) in [5.41, 5.74) is 0.278. The fourth-order valence-electron chi connectivity index (χ4n) is 4.52. The highest BCUT2D eigenvalue weighted by Crippen LogP contribution is 2.31. The number of aliphatic hydroxyl groups is 1. The van der Waals surface area contributed by atoms with Crippen molar-refractivity contribution in [2.45, 2.75) is 51.3 Å². The van der Waals surface area contributed by atoms with Crippen molar-refractivity contribution in [2.24, 2.45) is 0 Å². The van der Waals surface area contributed by atoms with Crippen molar-refractivity contribution < 1.29 is 19.3 Å². The number of hydrogen-bond acceptors (Lipinski definition) is 6. The fraction of sp³-hybridized carbons (Fsp3) is 0.464. The van der Waals surface area contributed by atoms with Crippen LogP contribution in [0, 0.1) is 0 Å². The molecule has 1 aromatic heterocycles. The molecule has 1 aliphatic heterocycles. The highest BCUT2D eigenvalue weighted by molar-refractivity contribution is 6.42. The molecule has 0 spiro atoms. The lowest BCUT2D eigenvalue weighted by atomic mass is 9.92. The zero-order valence-corrected chi connectivity index (χ0v) is 23.0. The number of likely N-dealkylation sites (tertiary alicyclic amines) is 1. The second kappa shape index (κ2) is 12.9. The topological polar surface area (TPSA) is 69.0 Å². The third-order valence-electron chi connectivity index (χ3n) is 6.74. The first-order valence-corrected chi connectivity index (χ1v) is 13.5. The normalized spacial score (nSPS) is 15.5. The van der Waals surface area contributed by atoms with Gasteiger partial charge in [-0.1, -0.05) is 36.2 Å². The number of imidazole rings is 1. The molecule has 0 amide bonds. The lowest BCUT2D eigenvalue weighted by Gasteiger charge is -2.38. The van der Waals surface area contributed by atoms with Crippen LogP contribution in [0.1, 0.15) is 37.6 Å². The second-order valence-electron chi connectivity index (χ2n) is 9.44. The zero-order valence-electron chi connectivity index (χ0n) is 21.5. The SMILES string of the molecule is CCc1nccn1CCCOc1cc(CN2CCC(O)(COc3ccc(Cl)c(Cl)c3)CC2)ccc1OC. The summed E-state index contributed by atoms with van der Waals surface area (Å²) >= 11 is 12.0. The first-order chi connectivity index (χ1) is 17.9. The Labute approximate surface area is 228 Å². The molecule has 4 rings (SSSR count). The van der Waals surface area contributed by atoms with Gasteiger partial charge in [-0.2, -0.15) is 0 Å². The summed E-state index contributed by atoms with van der Waals surface area (Å²) in [5.74, 6) is 3.18. The highest BCUT2D eigenvalue weighted by Gasteiger charge is 2.33. The van der Waals surface area contributed by atoms with Crippen molar-refractivity contribution in [3.63, 3.8) is 0 Å². The Bertz CT molecular complexity index is 1160. The van der Waals surface area contributed by atoms with Crippen LogP contribution in [0.4, 0.5) is 0 Å². The molecule has 0 unspecified atom stereocenters. The number of piperidine rings is 1. The van der Waals surface area contributed by atoms with Gasteiger partial charge in [-0.15, -0.1) is 0 Å². The van der Waals surface area contributed by atoms with Crippen molar-refractivity contribution in [3.8, 4) is 17.2 Å². The number of nitrogens with zero attached hydrogens (tertiary/aromatic N) is 3. The van der Waals surface area contributed by atoms with Gasteiger partial charge in [0.05, 0.1) is 23.8 Å². The van der Waals surface area contributed by atoms with Gasteiger partial charge >= 0.3 is 0 Å². The molecule has 0 saturated carbocycles. The van der Waals surface area contributed by atoms with Crippen molar-refractivity contribution in [3.05, 3.63) is 70.2 Å². The summed E-state index contributed by atoms with van der Waals surface area (Å²) < 4.78 is 19.6. The van der Waals surface area contributed by atoms with Crippen molar-refractivity contribution in [2.75, 3.05) is 33.4 Å². The van der Waals surface area contributed by atoms with Gasteiger partial charge in [0.2, 0.25) is 0 Å². The lowest BCUT2D eigenvalue weighted by molar-refractivity contribution is -0.0537. The summed E-state index contributed by atoms with van der Waals surface area (Å²) in [7, 11) is 1.66. The maximum Gasteiger partial charge on any atom is 0.161 e. The summed E-state index contributed by atoms with van der Waals surface area (Å²) in [4.78, 5) is 6.71. The smallest absolute Gasteiger partial charge is 0.161 e. The number of benzene rings is 2. The first-order valence-electron chi connectivity index (χ1n) is 12.7. The van der Waals surface area contributed by atoms with Crippen LogP contribution >= 0.6 is 23.2 Å². The average Bonchev–Trinajstić information content (AvgIpc) is 3.36. The van der Waals surface area contributed by atoms with E-state index in [9.17, 15) is 5.11 Å². The van der Waals surface area contributed by atoms with Gasteiger partial charge in [0.1, 0.15) is 23.8 Å². The van der Waals surface area contributed by atoms with E-state index in [1.807, 2.05) is 18.5 Å². The van der Waals surface area contributed by atoms with Crippen LogP contribution in [-0.4, -0.2) is 58.6 Å². The fourth-order valence-corrected chi connectivity index (χ4v) is 4.81. The molecule has 37 heavy (non-hydrogen) atoms. The van der Waals surface area contributed by atoms with Crippen molar-refractivity contribution in [1.29, 1.82) is 0 Å². The Kier molecular flexibility index (Phi) is 9.60. The van der Waals surface area contributed by atoms with Gasteiger partial charge in [-0.3, -0.25) is 4.90 Å². The molecule has 0 bridgehead atoms. The van der Waals surface area contributed by atoms with Crippen LogP contribution < -0.4 is 14.2 Å². The van der Waals surface area contributed by atoms with Gasteiger partial charge in [-0.05, 0) is 49.1 Å². The van der Waals surface area contributed by atoms with Gasteiger partial charge in [0, 0.05) is 51.1 Å². The van der Waals surface area contributed by atoms with E-state index in [0.717, 1.165) is 61.9 Å². The summed E-state index contributed by atoms with van der Waals surface area (Å²) in [6.45, 7) is 6.12. The molecule has 9 heteroatoms. The number of aryl methyl sites for hydroxylation is 2. The summed E-state index contributed by atoms with van der Waals surface area (Å²) in [6, 6.07) is 11.2. The predicted molar refractivity (Wildman–Crippen MR) is 146 cm³/mol. The van der Waals surface area contributed by atoms with Crippen LogP contribution in [0.3, 0.4) is 0 Å². The number of halogens is 2. The predicted octanol–water partition coefficient (Wildman–Crippen LogP) is 5.64. The Morgan fingerprint density at radius 1 is 1.03 bits per heavy atom. The molecular weight excluding hydrogens is 513 g/mol. The van der Waals surface area contributed by atoms with Crippen molar-refractivity contribution in [1.82, 2.24) is 14.5 Å². The first kappa shape index (κ1) is 27.6. The molecular formula is C28H35Cl2N3O4. The Balaban J connectivity index is 1.26. The molecule has 1 saturated heterocycles. The van der Waals surface area contributed by atoms with Crippen LogP contribution in [0.5, 0.6) is 17.2 Å². The maximum atomic E-state index is 11.0. The Morgan fingerprint density at radius 2 is 1.84 bits per heavy atom. The molecule has 0 aliphatic carbocycles. The van der Waals surface area contributed by atoms with E-state index in [0.29, 0.717) is 35.2 Å². The van der Waals surface area contributed by atoms with E-state index in [1.165, 1.54) is 0 Å². The van der Waals surface area contributed by atoms with Crippen molar-refractivity contribution >= 4 is 23.2 Å². The molecule has 1 aliphatic rings. The minimum Gasteiger partial charge on any atom is -0.493 e. The molecule has 7 nitrogen and oxygen atoms in total. The largest absolute Gasteiger partial charge is 0.493 e. The van der Waals surface area contributed by atoms with E-state index in [2.05, 4.69) is 33.5 Å². The monoisotopic (exact) mass is 547 g/mol. The molecule has 2 heterocycles. The molecule has 1 N–H and O–H groups in total. The molecule has 2 aromatic carbocycles.